The molecule has 1 fully saturated rings. The van der Waals surface area contributed by atoms with Gasteiger partial charge in [0.2, 0.25) is 5.91 Å². The number of hydrogen-bond donors (Lipinski definition) is 2. The molecule has 0 unspecified atom stereocenters. The van der Waals surface area contributed by atoms with Crippen LogP contribution in [0.25, 0.3) is 0 Å². The van der Waals surface area contributed by atoms with Crippen LogP contribution in [0.5, 0.6) is 0 Å². The molecule has 0 bridgehead atoms. The van der Waals surface area contributed by atoms with Gasteiger partial charge in [-0.25, -0.2) is 0 Å². The summed E-state index contributed by atoms with van der Waals surface area (Å²) < 4.78 is 41.3. The molecule has 160 valence electrons. The second-order valence-corrected chi connectivity index (χ2v) is 6.15. The molecular weight excluding hydrogens is 478 g/mol. The quantitative estimate of drug-likeness (QED) is 0.212. The number of rotatable bonds is 9. The van der Waals surface area contributed by atoms with Gasteiger partial charge in [-0.1, -0.05) is 0 Å². The van der Waals surface area contributed by atoms with E-state index < -0.39 is 12.6 Å². The minimum absolute atomic E-state index is 0. The van der Waals surface area contributed by atoms with Crippen LogP contribution >= 0.6 is 24.0 Å². The molecule has 0 aromatic heterocycles. The van der Waals surface area contributed by atoms with Crippen molar-refractivity contribution in [2.45, 2.75) is 25.4 Å². The van der Waals surface area contributed by atoms with Gasteiger partial charge < -0.3 is 20.3 Å². The van der Waals surface area contributed by atoms with Gasteiger partial charge in [-0.3, -0.25) is 14.7 Å². The lowest BCUT2D eigenvalue weighted by atomic mass is 10.2. The van der Waals surface area contributed by atoms with E-state index in [2.05, 4.69) is 25.4 Å². The number of guanidine groups is 1. The van der Waals surface area contributed by atoms with Gasteiger partial charge in [0.05, 0.1) is 13.2 Å². The molecule has 1 amide bonds. The second-order valence-electron chi connectivity index (χ2n) is 6.15. The van der Waals surface area contributed by atoms with Crippen molar-refractivity contribution >= 4 is 35.8 Å². The molecule has 2 N–H and O–H groups in total. The Kier molecular flexibility index (Phi) is 13.8. The van der Waals surface area contributed by atoms with Crippen LogP contribution in [-0.4, -0.2) is 94.4 Å². The number of ether oxygens (including phenoxy) is 1. The molecule has 1 aliphatic heterocycles. The van der Waals surface area contributed by atoms with Crippen molar-refractivity contribution in [1.82, 2.24) is 20.4 Å². The molecule has 7 nitrogen and oxygen atoms in total. The minimum atomic E-state index is -4.09. The molecule has 0 atom stereocenters. The summed E-state index contributed by atoms with van der Waals surface area (Å²) in [6.07, 6.45) is -4.29. The highest BCUT2D eigenvalue weighted by atomic mass is 127. The van der Waals surface area contributed by atoms with Crippen LogP contribution in [0.3, 0.4) is 0 Å². The van der Waals surface area contributed by atoms with Crippen LogP contribution < -0.4 is 10.6 Å². The maximum atomic E-state index is 12.1. The van der Waals surface area contributed by atoms with Crippen LogP contribution in [0.1, 0.15) is 19.3 Å². The van der Waals surface area contributed by atoms with Gasteiger partial charge in [0.15, 0.2) is 5.96 Å². The highest BCUT2D eigenvalue weighted by molar-refractivity contribution is 14.0. The fourth-order valence-corrected chi connectivity index (χ4v) is 2.65. The third kappa shape index (κ3) is 12.3. The van der Waals surface area contributed by atoms with Crippen molar-refractivity contribution in [2.24, 2.45) is 4.99 Å². The first-order chi connectivity index (χ1) is 12.4. The standard InChI is InChI=1S/C16H30F3N5O2.HI/c1-20-15(22-6-4-3-5-16(17,18)19)24-10-8-23(9-11-24)13-14(25)21-7-12-26-2;/h3-13H2,1-2H3,(H,20,22)(H,21,25);1H. The first kappa shape index (κ1) is 26.2. The van der Waals surface area contributed by atoms with E-state index in [1.165, 1.54) is 0 Å². The molecule has 0 aromatic rings. The third-order valence-corrected chi connectivity index (χ3v) is 4.05. The van der Waals surface area contributed by atoms with Gasteiger partial charge in [-0.05, 0) is 12.8 Å². The van der Waals surface area contributed by atoms with Gasteiger partial charge >= 0.3 is 6.18 Å². The molecule has 0 spiro atoms. The van der Waals surface area contributed by atoms with E-state index in [0.717, 1.165) is 13.1 Å². The van der Waals surface area contributed by atoms with Gasteiger partial charge in [-0.2, -0.15) is 13.2 Å². The highest BCUT2D eigenvalue weighted by Crippen LogP contribution is 2.21. The summed E-state index contributed by atoms with van der Waals surface area (Å²) in [4.78, 5) is 20.1. The van der Waals surface area contributed by atoms with E-state index in [1.807, 2.05) is 0 Å². The lowest BCUT2D eigenvalue weighted by Gasteiger charge is -2.36. The number of aliphatic imine (C=N–C) groups is 1. The molecule has 1 rings (SSSR count). The van der Waals surface area contributed by atoms with Crippen molar-refractivity contribution in [3.63, 3.8) is 0 Å². The average Bonchev–Trinajstić information content (AvgIpc) is 2.58. The zero-order valence-electron chi connectivity index (χ0n) is 16.0. The second kappa shape index (κ2) is 14.2. The number of methoxy groups -OCH3 is 1. The molecule has 1 aliphatic rings. The Morgan fingerprint density at radius 1 is 1.11 bits per heavy atom. The normalized spacial score (nSPS) is 16.0. The Morgan fingerprint density at radius 2 is 1.78 bits per heavy atom. The number of unbranched alkanes of at least 4 members (excludes halogenated alkanes) is 1. The predicted molar refractivity (Wildman–Crippen MR) is 110 cm³/mol. The molecule has 0 aliphatic carbocycles. The van der Waals surface area contributed by atoms with E-state index in [1.54, 1.807) is 14.2 Å². The van der Waals surface area contributed by atoms with Crippen molar-refractivity contribution in [3.8, 4) is 0 Å². The monoisotopic (exact) mass is 509 g/mol. The number of hydrogen-bond acceptors (Lipinski definition) is 4. The number of halogens is 4. The smallest absolute Gasteiger partial charge is 0.383 e. The molecule has 0 saturated carbocycles. The minimum Gasteiger partial charge on any atom is -0.383 e. The van der Waals surface area contributed by atoms with Crippen LogP contribution in [0.2, 0.25) is 0 Å². The van der Waals surface area contributed by atoms with E-state index in [0.29, 0.717) is 51.7 Å². The number of carbonyl (C=O) groups is 1. The maximum Gasteiger partial charge on any atom is 0.389 e. The first-order valence-corrected chi connectivity index (χ1v) is 8.86. The molecule has 11 heteroatoms. The summed E-state index contributed by atoms with van der Waals surface area (Å²) in [5, 5.41) is 5.90. The van der Waals surface area contributed by atoms with Crippen molar-refractivity contribution < 1.29 is 22.7 Å². The Morgan fingerprint density at radius 3 is 2.33 bits per heavy atom. The molecule has 27 heavy (non-hydrogen) atoms. The van der Waals surface area contributed by atoms with Crippen molar-refractivity contribution in [1.29, 1.82) is 0 Å². The maximum absolute atomic E-state index is 12.1. The molecular formula is C16H31F3IN5O2. The highest BCUT2D eigenvalue weighted by Gasteiger charge is 2.26. The summed E-state index contributed by atoms with van der Waals surface area (Å²) in [6.45, 7) is 4.69. The van der Waals surface area contributed by atoms with E-state index in [-0.39, 0.29) is 36.3 Å². The number of amides is 1. The fraction of sp³-hybridized carbons (Fsp3) is 0.875. The van der Waals surface area contributed by atoms with Crippen LogP contribution in [0.15, 0.2) is 4.99 Å². The number of alkyl halides is 3. The topological polar surface area (TPSA) is 69.2 Å². The number of nitrogens with one attached hydrogen (secondary N) is 2. The first-order valence-electron chi connectivity index (χ1n) is 8.86. The van der Waals surface area contributed by atoms with Crippen LogP contribution in [0.4, 0.5) is 13.2 Å². The summed E-state index contributed by atoms with van der Waals surface area (Å²) in [6, 6.07) is 0. The van der Waals surface area contributed by atoms with E-state index in [4.69, 9.17) is 4.74 Å². The van der Waals surface area contributed by atoms with Crippen LogP contribution in [-0.2, 0) is 9.53 Å². The zero-order chi connectivity index (χ0) is 19.4. The Hall–Kier alpha value is -0.820. The summed E-state index contributed by atoms with van der Waals surface area (Å²) in [5.41, 5.74) is 0. The SMILES string of the molecule is CN=C(NCCCCC(F)(F)F)N1CCN(CC(=O)NCCOC)CC1.I. The number of piperazine rings is 1. The average molecular weight is 509 g/mol. The third-order valence-electron chi connectivity index (χ3n) is 4.05. The lowest BCUT2D eigenvalue weighted by molar-refractivity contribution is -0.135. The Bertz CT molecular complexity index is 444. The molecule has 0 aromatic carbocycles. The van der Waals surface area contributed by atoms with E-state index in [9.17, 15) is 18.0 Å². The van der Waals surface area contributed by atoms with Gasteiger partial charge in [0, 0.05) is 59.8 Å². The Labute approximate surface area is 176 Å². The summed E-state index contributed by atoms with van der Waals surface area (Å²) in [7, 11) is 3.25. The lowest BCUT2D eigenvalue weighted by Crippen LogP contribution is -2.54. The van der Waals surface area contributed by atoms with Crippen molar-refractivity contribution in [3.05, 3.63) is 0 Å². The fourth-order valence-electron chi connectivity index (χ4n) is 2.65. The molecule has 1 saturated heterocycles. The zero-order valence-corrected chi connectivity index (χ0v) is 18.3. The predicted octanol–water partition coefficient (Wildman–Crippen LogP) is 1.29. The van der Waals surface area contributed by atoms with Crippen molar-refractivity contribution in [2.75, 3.05) is 66.6 Å². The van der Waals surface area contributed by atoms with E-state index >= 15 is 0 Å². The van der Waals surface area contributed by atoms with Gasteiger partial charge in [-0.15, -0.1) is 24.0 Å². The number of carbonyl (C=O) groups excluding carboxylic acids is 1. The largest absolute Gasteiger partial charge is 0.389 e. The van der Waals surface area contributed by atoms with Gasteiger partial charge in [0.25, 0.3) is 0 Å². The molecule has 1 heterocycles. The number of nitrogens with zero attached hydrogens (tertiary/aromatic N) is 3. The summed E-state index contributed by atoms with van der Waals surface area (Å²) in [5.74, 6) is 0.670. The Balaban J connectivity index is 0.00000676. The summed E-state index contributed by atoms with van der Waals surface area (Å²) >= 11 is 0. The molecule has 0 radical (unpaired) electrons. The van der Waals surface area contributed by atoms with Gasteiger partial charge in [0.1, 0.15) is 0 Å². The van der Waals surface area contributed by atoms with Crippen LogP contribution in [0, 0.1) is 0 Å².